The van der Waals surface area contributed by atoms with Crippen LogP contribution in [0.4, 0.5) is 0 Å². The number of methoxy groups -OCH3 is 2. The first-order valence-electron chi connectivity index (χ1n) is 7.82. The van der Waals surface area contributed by atoms with Crippen LogP contribution in [0.15, 0.2) is 48.5 Å². The summed E-state index contributed by atoms with van der Waals surface area (Å²) in [5.74, 6) is 1.84. The van der Waals surface area contributed by atoms with E-state index < -0.39 is 0 Å². The van der Waals surface area contributed by atoms with E-state index in [1.165, 1.54) is 17.5 Å². The molecule has 0 aliphatic carbocycles. The third-order valence-electron chi connectivity index (χ3n) is 4.39. The van der Waals surface area contributed by atoms with Crippen LogP contribution in [0, 0.1) is 0 Å². The van der Waals surface area contributed by atoms with Gasteiger partial charge in [0.1, 0.15) is 11.5 Å². The summed E-state index contributed by atoms with van der Waals surface area (Å²) in [6.45, 7) is 2.08. The molecular formula is C19H23NO2. The summed E-state index contributed by atoms with van der Waals surface area (Å²) in [5.41, 5.74) is 2.53. The lowest BCUT2D eigenvalue weighted by Gasteiger charge is -2.27. The van der Waals surface area contributed by atoms with E-state index in [2.05, 4.69) is 35.2 Å². The molecule has 0 saturated carbocycles. The van der Waals surface area contributed by atoms with Gasteiger partial charge in [-0.1, -0.05) is 36.4 Å². The fraction of sp³-hybridized carbons (Fsp3) is 0.368. The predicted molar refractivity (Wildman–Crippen MR) is 88.4 cm³/mol. The molecule has 2 aromatic rings. The maximum absolute atomic E-state index is 5.59. The predicted octanol–water partition coefficient (Wildman–Crippen LogP) is 4.04. The molecule has 3 nitrogen and oxygen atoms in total. The van der Waals surface area contributed by atoms with Gasteiger partial charge in [-0.25, -0.2) is 0 Å². The molecule has 0 radical (unpaired) electrons. The van der Waals surface area contributed by atoms with Crippen LogP contribution in [0.1, 0.15) is 30.0 Å². The van der Waals surface area contributed by atoms with Gasteiger partial charge < -0.3 is 9.47 Å². The smallest absolute Gasteiger partial charge is 0.127 e. The van der Waals surface area contributed by atoms with Crippen molar-refractivity contribution in [2.45, 2.75) is 25.4 Å². The van der Waals surface area contributed by atoms with Crippen molar-refractivity contribution in [2.24, 2.45) is 0 Å². The molecule has 0 spiro atoms. The molecule has 1 aliphatic heterocycles. The molecule has 0 bridgehead atoms. The highest BCUT2D eigenvalue weighted by Crippen LogP contribution is 2.42. The molecule has 0 N–H and O–H groups in total. The summed E-state index contributed by atoms with van der Waals surface area (Å²) >= 11 is 0. The molecule has 1 aliphatic rings. The minimum atomic E-state index is 0.353. The fourth-order valence-electron chi connectivity index (χ4n) is 3.37. The maximum Gasteiger partial charge on any atom is 0.127 e. The van der Waals surface area contributed by atoms with Crippen molar-refractivity contribution in [3.8, 4) is 11.5 Å². The Morgan fingerprint density at radius 2 is 1.64 bits per heavy atom. The van der Waals surface area contributed by atoms with Gasteiger partial charge in [0.2, 0.25) is 0 Å². The minimum Gasteiger partial charge on any atom is -0.496 e. The normalized spacial score (nSPS) is 18.4. The Bertz CT molecular complexity index is 590. The molecule has 3 heteroatoms. The Morgan fingerprint density at radius 1 is 0.955 bits per heavy atom. The van der Waals surface area contributed by atoms with E-state index in [1.807, 2.05) is 18.2 Å². The summed E-state index contributed by atoms with van der Waals surface area (Å²) in [6, 6.07) is 17.0. The van der Waals surface area contributed by atoms with Crippen LogP contribution in [-0.4, -0.2) is 25.7 Å². The second-order valence-electron chi connectivity index (χ2n) is 5.69. The Labute approximate surface area is 132 Å². The van der Waals surface area contributed by atoms with Crippen LogP contribution in [0.2, 0.25) is 0 Å². The molecule has 3 rings (SSSR count). The molecule has 116 valence electrons. The van der Waals surface area contributed by atoms with Gasteiger partial charge in [-0.2, -0.15) is 0 Å². The zero-order valence-electron chi connectivity index (χ0n) is 13.3. The van der Waals surface area contributed by atoms with Crippen LogP contribution in [0.5, 0.6) is 11.5 Å². The van der Waals surface area contributed by atoms with Crippen LogP contribution >= 0.6 is 0 Å². The number of hydrogen-bond acceptors (Lipinski definition) is 3. The zero-order chi connectivity index (χ0) is 15.4. The van der Waals surface area contributed by atoms with Crippen molar-refractivity contribution in [3.05, 3.63) is 59.7 Å². The highest BCUT2D eigenvalue weighted by Gasteiger charge is 2.30. The van der Waals surface area contributed by atoms with Gasteiger partial charge >= 0.3 is 0 Å². The topological polar surface area (TPSA) is 21.7 Å². The zero-order valence-corrected chi connectivity index (χ0v) is 13.3. The van der Waals surface area contributed by atoms with Crippen molar-refractivity contribution >= 4 is 0 Å². The van der Waals surface area contributed by atoms with E-state index in [9.17, 15) is 0 Å². The van der Waals surface area contributed by atoms with E-state index in [0.29, 0.717) is 6.04 Å². The summed E-state index contributed by atoms with van der Waals surface area (Å²) in [7, 11) is 3.46. The van der Waals surface area contributed by atoms with Gasteiger partial charge in [0.05, 0.1) is 19.8 Å². The molecular weight excluding hydrogens is 274 g/mol. The molecule has 1 fully saturated rings. The monoisotopic (exact) mass is 297 g/mol. The number of nitrogens with zero attached hydrogens (tertiary/aromatic N) is 1. The molecule has 0 unspecified atom stereocenters. The highest BCUT2D eigenvalue weighted by atomic mass is 16.5. The summed E-state index contributed by atoms with van der Waals surface area (Å²) < 4.78 is 11.2. The van der Waals surface area contributed by atoms with Crippen molar-refractivity contribution in [2.75, 3.05) is 20.8 Å². The van der Waals surface area contributed by atoms with Gasteiger partial charge in [-0.3, -0.25) is 4.90 Å². The number of hydrogen-bond donors (Lipinski definition) is 0. The van der Waals surface area contributed by atoms with E-state index in [4.69, 9.17) is 9.47 Å². The second-order valence-corrected chi connectivity index (χ2v) is 5.69. The van der Waals surface area contributed by atoms with Gasteiger partial charge in [-0.05, 0) is 37.1 Å². The standard InChI is InChI=1S/C19H23NO2/c1-21-17-11-6-12-18(22-2)19(17)16-10-7-13-20(16)14-15-8-4-3-5-9-15/h3-6,8-9,11-12,16H,7,10,13-14H2,1-2H3/t16-/m1/s1. The molecule has 1 heterocycles. The van der Waals surface area contributed by atoms with Crippen LogP contribution in [0.25, 0.3) is 0 Å². The van der Waals surface area contributed by atoms with E-state index in [1.54, 1.807) is 14.2 Å². The Morgan fingerprint density at radius 3 is 2.27 bits per heavy atom. The number of ether oxygens (including phenoxy) is 2. The molecule has 2 aromatic carbocycles. The molecule has 1 atom stereocenters. The van der Waals surface area contributed by atoms with Crippen LogP contribution in [0.3, 0.4) is 0 Å². The quantitative estimate of drug-likeness (QED) is 0.831. The van der Waals surface area contributed by atoms with Gasteiger partial charge in [0, 0.05) is 12.6 Å². The summed E-state index contributed by atoms with van der Waals surface area (Å²) in [5, 5.41) is 0. The van der Waals surface area contributed by atoms with Gasteiger partial charge in [-0.15, -0.1) is 0 Å². The van der Waals surface area contributed by atoms with Crippen LogP contribution < -0.4 is 9.47 Å². The SMILES string of the molecule is COc1cccc(OC)c1[C@H]1CCCN1Cc1ccccc1. The van der Waals surface area contributed by atoms with Crippen molar-refractivity contribution < 1.29 is 9.47 Å². The first-order valence-corrected chi connectivity index (χ1v) is 7.82. The Hall–Kier alpha value is -2.00. The van der Waals surface area contributed by atoms with Crippen molar-refractivity contribution in [3.63, 3.8) is 0 Å². The van der Waals surface area contributed by atoms with E-state index >= 15 is 0 Å². The summed E-state index contributed by atoms with van der Waals surface area (Å²) in [4.78, 5) is 2.52. The molecule has 22 heavy (non-hydrogen) atoms. The number of benzene rings is 2. The Balaban J connectivity index is 1.90. The van der Waals surface area contributed by atoms with E-state index in [-0.39, 0.29) is 0 Å². The average Bonchev–Trinajstić information content (AvgIpc) is 3.02. The first kappa shape index (κ1) is 14.9. The fourth-order valence-corrected chi connectivity index (χ4v) is 3.37. The van der Waals surface area contributed by atoms with Gasteiger partial charge in [0.25, 0.3) is 0 Å². The third-order valence-corrected chi connectivity index (χ3v) is 4.39. The molecule has 1 saturated heterocycles. The highest BCUT2D eigenvalue weighted by molar-refractivity contribution is 5.47. The van der Waals surface area contributed by atoms with Crippen molar-refractivity contribution in [1.82, 2.24) is 4.90 Å². The number of rotatable bonds is 5. The van der Waals surface area contributed by atoms with Crippen LogP contribution in [-0.2, 0) is 6.54 Å². The number of likely N-dealkylation sites (tertiary alicyclic amines) is 1. The minimum absolute atomic E-state index is 0.353. The van der Waals surface area contributed by atoms with Gasteiger partial charge in [0.15, 0.2) is 0 Å². The largest absolute Gasteiger partial charge is 0.496 e. The molecule has 0 aromatic heterocycles. The third kappa shape index (κ3) is 2.95. The van der Waals surface area contributed by atoms with E-state index in [0.717, 1.165) is 31.0 Å². The maximum atomic E-state index is 5.59. The lowest BCUT2D eigenvalue weighted by Crippen LogP contribution is -2.23. The first-order chi connectivity index (χ1) is 10.8. The average molecular weight is 297 g/mol. The summed E-state index contributed by atoms with van der Waals surface area (Å²) in [6.07, 6.45) is 2.35. The van der Waals surface area contributed by atoms with Crippen molar-refractivity contribution in [1.29, 1.82) is 0 Å². The second kappa shape index (κ2) is 6.84. The Kier molecular flexibility index (Phi) is 4.64. The lowest BCUT2D eigenvalue weighted by molar-refractivity contribution is 0.237. The molecule has 0 amide bonds. The lowest BCUT2D eigenvalue weighted by atomic mass is 10.0.